The van der Waals surface area contributed by atoms with Crippen molar-refractivity contribution in [2.75, 3.05) is 48.8 Å². The minimum absolute atomic E-state index is 0.549. The lowest BCUT2D eigenvalue weighted by molar-refractivity contribution is 0.249. The summed E-state index contributed by atoms with van der Waals surface area (Å²) in [5.74, 6) is 2.03. The molecule has 5 aromatic rings. The zero-order chi connectivity index (χ0) is 29.0. The van der Waals surface area contributed by atoms with Gasteiger partial charge in [-0.15, -0.1) is 0 Å². The van der Waals surface area contributed by atoms with E-state index in [-0.39, 0.29) is 0 Å². The Morgan fingerprint density at radius 1 is 0.744 bits per heavy atom. The molecule has 218 valence electrons. The maximum atomic E-state index is 6.32. The van der Waals surface area contributed by atoms with Crippen molar-refractivity contribution in [2.24, 2.45) is 0 Å². The second kappa shape index (κ2) is 12.7. The smallest absolute Gasteiger partial charge is 0.189 e. The lowest BCUT2D eigenvalue weighted by atomic mass is 10.0. The molecule has 4 aromatic carbocycles. The van der Waals surface area contributed by atoms with Crippen molar-refractivity contribution in [3.05, 3.63) is 119 Å². The highest BCUT2D eigenvalue weighted by Crippen LogP contribution is 2.37. The maximum absolute atomic E-state index is 6.32. The van der Waals surface area contributed by atoms with Crippen molar-refractivity contribution >= 4 is 34.0 Å². The van der Waals surface area contributed by atoms with E-state index >= 15 is 0 Å². The average Bonchev–Trinajstić information content (AvgIpc) is 3.07. The SMILES string of the molecule is CSc1nc2c(c(N3CCN(Cc4ccccc4)CC3)n1)CCN(c1cc(OCc3ccccc3)cc3ccccc13)C2. The number of fused-ring (bicyclic) bond motifs is 2. The molecule has 1 aromatic heterocycles. The fraction of sp³-hybridized carbons (Fsp3) is 0.278. The number of thioether (sulfide) groups is 1. The quantitative estimate of drug-likeness (QED) is 0.146. The highest BCUT2D eigenvalue weighted by atomic mass is 32.2. The van der Waals surface area contributed by atoms with Crippen LogP contribution in [0.25, 0.3) is 10.8 Å². The lowest BCUT2D eigenvalue weighted by Gasteiger charge is -2.38. The number of aromatic nitrogens is 2. The van der Waals surface area contributed by atoms with Crippen molar-refractivity contribution < 1.29 is 4.74 Å². The van der Waals surface area contributed by atoms with Gasteiger partial charge in [0.15, 0.2) is 5.16 Å². The third-order valence-corrected chi connectivity index (χ3v) is 9.08. The molecular weight excluding hydrogens is 550 g/mol. The summed E-state index contributed by atoms with van der Waals surface area (Å²) in [4.78, 5) is 17.6. The Kier molecular flexibility index (Phi) is 8.17. The first-order chi connectivity index (χ1) is 21.2. The first kappa shape index (κ1) is 27.7. The molecule has 1 fully saturated rings. The minimum atomic E-state index is 0.549. The van der Waals surface area contributed by atoms with Gasteiger partial charge in [-0.1, -0.05) is 96.7 Å². The summed E-state index contributed by atoms with van der Waals surface area (Å²) in [6, 6.07) is 34.1. The van der Waals surface area contributed by atoms with Gasteiger partial charge < -0.3 is 14.5 Å². The van der Waals surface area contributed by atoms with Crippen molar-refractivity contribution in [1.82, 2.24) is 14.9 Å². The molecule has 1 saturated heterocycles. The number of rotatable bonds is 8. The van der Waals surface area contributed by atoms with Crippen LogP contribution in [0.3, 0.4) is 0 Å². The van der Waals surface area contributed by atoms with Crippen molar-refractivity contribution in [1.29, 1.82) is 0 Å². The first-order valence-corrected chi connectivity index (χ1v) is 16.4. The number of hydrogen-bond donors (Lipinski definition) is 0. The standard InChI is InChI=1S/C36H37N5OS/c1-43-36-37-33-25-41(34-23-30(22-29-14-8-9-15-31(29)34)42-26-28-12-6-3-7-13-28)17-16-32(33)35(38-36)40-20-18-39(19-21-40)24-27-10-4-2-5-11-27/h2-15,22-23H,16-21,24-26H2,1H3. The van der Waals surface area contributed by atoms with E-state index < -0.39 is 0 Å². The fourth-order valence-corrected chi connectivity index (χ4v) is 6.64. The molecular formula is C36H37N5OS. The average molecular weight is 588 g/mol. The monoisotopic (exact) mass is 587 g/mol. The highest BCUT2D eigenvalue weighted by Gasteiger charge is 2.28. The topological polar surface area (TPSA) is 44.7 Å². The summed E-state index contributed by atoms with van der Waals surface area (Å²) in [6.07, 6.45) is 3.00. The van der Waals surface area contributed by atoms with Gasteiger partial charge in [0.25, 0.3) is 0 Å². The second-order valence-corrected chi connectivity index (χ2v) is 12.1. The van der Waals surface area contributed by atoms with Crippen LogP contribution in [0.5, 0.6) is 5.75 Å². The van der Waals surface area contributed by atoms with E-state index in [9.17, 15) is 0 Å². The molecule has 6 nitrogen and oxygen atoms in total. The Morgan fingerprint density at radius 2 is 1.47 bits per heavy atom. The van der Waals surface area contributed by atoms with Crippen LogP contribution in [-0.2, 0) is 26.1 Å². The fourth-order valence-electron chi connectivity index (χ4n) is 6.26. The van der Waals surface area contributed by atoms with Gasteiger partial charge in [0.1, 0.15) is 18.2 Å². The van der Waals surface area contributed by atoms with Crippen LogP contribution in [0.4, 0.5) is 11.5 Å². The molecule has 7 heteroatoms. The number of nitrogens with zero attached hydrogens (tertiary/aromatic N) is 5. The summed E-state index contributed by atoms with van der Waals surface area (Å²) >= 11 is 1.63. The van der Waals surface area contributed by atoms with E-state index in [1.807, 2.05) is 6.07 Å². The molecule has 0 spiro atoms. The van der Waals surface area contributed by atoms with Gasteiger partial charge in [0.2, 0.25) is 0 Å². The molecule has 0 bridgehead atoms. The zero-order valence-electron chi connectivity index (χ0n) is 24.7. The summed E-state index contributed by atoms with van der Waals surface area (Å²) in [5, 5.41) is 3.29. The summed E-state index contributed by atoms with van der Waals surface area (Å²) < 4.78 is 6.32. The Bertz CT molecular complexity index is 1690. The Labute approximate surface area is 258 Å². The largest absolute Gasteiger partial charge is 0.489 e. The van der Waals surface area contributed by atoms with Crippen molar-refractivity contribution in [3.63, 3.8) is 0 Å². The third kappa shape index (κ3) is 6.19. The van der Waals surface area contributed by atoms with E-state index in [1.165, 1.54) is 33.2 Å². The minimum Gasteiger partial charge on any atom is -0.489 e. The van der Waals surface area contributed by atoms with Crippen LogP contribution in [-0.4, -0.2) is 53.8 Å². The van der Waals surface area contributed by atoms with Crippen LogP contribution in [0.2, 0.25) is 0 Å². The van der Waals surface area contributed by atoms with Gasteiger partial charge in [-0.05, 0) is 35.3 Å². The van der Waals surface area contributed by atoms with E-state index in [0.29, 0.717) is 6.61 Å². The van der Waals surface area contributed by atoms with E-state index in [2.05, 4.69) is 112 Å². The molecule has 0 N–H and O–H groups in total. The molecule has 3 heterocycles. The van der Waals surface area contributed by atoms with E-state index in [1.54, 1.807) is 11.8 Å². The molecule has 0 aliphatic carbocycles. The first-order valence-electron chi connectivity index (χ1n) is 15.1. The van der Waals surface area contributed by atoms with Gasteiger partial charge in [-0.3, -0.25) is 4.90 Å². The molecule has 0 amide bonds. The van der Waals surface area contributed by atoms with Crippen LogP contribution in [0.15, 0.2) is 102 Å². The van der Waals surface area contributed by atoms with Crippen LogP contribution < -0.4 is 14.5 Å². The molecule has 2 aliphatic rings. The third-order valence-electron chi connectivity index (χ3n) is 8.53. The van der Waals surface area contributed by atoms with Crippen molar-refractivity contribution in [2.45, 2.75) is 31.3 Å². The Hall–Kier alpha value is -4.07. The van der Waals surface area contributed by atoms with Gasteiger partial charge in [-0.2, -0.15) is 0 Å². The van der Waals surface area contributed by atoms with Crippen molar-refractivity contribution in [3.8, 4) is 5.75 Å². The Balaban J connectivity index is 1.12. The second-order valence-electron chi connectivity index (χ2n) is 11.3. The zero-order valence-corrected chi connectivity index (χ0v) is 25.5. The molecule has 0 atom stereocenters. The van der Waals surface area contributed by atoms with Gasteiger partial charge in [0, 0.05) is 62.0 Å². The molecule has 7 rings (SSSR count). The number of piperazine rings is 1. The molecule has 43 heavy (non-hydrogen) atoms. The predicted molar refractivity (Wildman–Crippen MR) is 177 cm³/mol. The van der Waals surface area contributed by atoms with Crippen LogP contribution in [0, 0.1) is 0 Å². The molecule has 0 radical (unpaired) electrons. The predicted octanol–water partition coefficient (Wildman–Crippen LogP) is 6.82. The lowest BCUT2D eigenvalue weighted by Crippen LogP contribution is -2.47. The summed E-state index contributed by atoms with van der Waals surface area (Å²) in [7, 11) is 0. The summed E-state index contributed by atoms with van der Waals surface area (Å²) in [5.41, 5.74) is 6.20. The maximum Gasteiger partial charge on any atom is 0.189 e. The van der Waals surface area contributed by atoms with Gasteiger partial charge in [-0.25, -0.2) is 9.97 Å². The number of hydrogen-bond acceptors (Lipinski definition) is 7. The summed E-state index contributed by atoms with van der Waals surface area (Å²) in [6.45, 7) is 7.28. The van der Waals surface area contributed by atoms with E-state index in [0.717, 1.165) is 74.7 Å². The number of anilines is 2. The molecule has 2 aliphatic heterocycles. The van der Waals surface area contributed by atoms with Crippen LogP contribution >= 0.6 is 11.8 Å². The number of benzene rings is 4. The normalized spacial score (nSPS) is 15.5. The Morgan fingerprint density at radius 3 is 2.23 bits per heavy atom. The highest BCUT2D eigenvalue weighted by molar-refractivity contribution is 7.98. The van der Waals surface area contributed by atoms with Crippen LogP contribution in [0.1, 0.15) is 22.4 Å². The number of ether oxygens (including phenoxy) is 1. The van der Waals surface area contributed by atoms with Gasteiger partial charge >= 0.3 is 0 Å². The molecule has 0 saturated carbocycles. The molecule has 0 unspecified atom stereocenters. The van der Waals surface area contributed by atoms with Gasteiger partial charge in [0.05, 0.1) is 12.2 Å². The van der Waals surface area contributed by atoms with E-state index in [4.69, 9.17) is 14.7 Å².